The number of piperazine rings is 2. The second kappa shape index (κ2) is 42.0. The molecule has 740 valence electrons. The number of benzene rings is 4. The van der Waals surface area contributed by atoms with Crippen molar-refractivity contribution in [1.29, 1.82) is 0 Å². The van der Waals surface area contributed by atoms with Crippen LogP contribution < -0.4 is 41.7 Å². The number of aromatic amines is 8. The molecule has 0 bridgehead atoms. The highest BCUT2D eigenvalue weighted by Gasteiger charge is 2.30. The number of hydrogen-bond donors (Lipinski definition) is 16. The molecule has 146 heavy (non-hydrogen) atoms. The topological polar surface area (TPSA) is 520 Å². The van der Waals surface area contributed by atoms with Crippen LogP contribution >= 0.6 is 0 Å². The number of fused-ring (bicyclic) bond motifs is 8. The number of carbonyl (C=O) groups excluding carboxylic acids is 4. The zero-order valence-corrected chi connectivity index (χ0v) is 81.8. The fourth-order valence-electron chi connectivity index (χ4n) is 19.4. The number of carbonyl (C=O) groups is 4. The van der Waals surface area contributed by atoms with E-state index in [2.05, 4.69) is 167 Å². The van der Waals surface area contributed by atoms with Crippen molar-refractivity contribution >= 4 is 145 Å². The number of nitrogens with one attached hydrogen (secondary N) is 14. The van der Waals surface area contributed by atoms with Crippen LogP contribution in [0.5, 0.6) is 0 Å². The molecule has 24 rings (SSSR count). The van der Waals surface area contributed by atoms with E-state index in [1.165, 1.54) is 0 Å². The lowest BCUT2D eigenvalue weighted by Gasteiger charge is -2.29. The highest BCUT2D eigenvalue weighted by Crippen LogP contribution is 2.43. The van der Waals surface area contributed by atoms with E-state index in [1.807, 2.05) is 146 Å². The minimum absolute atomic E-state index is 0.0188. The van der Waals surface area contributed by atoms with Gasteiger partial charge in [0.1, 0.15) is 33.8 Å². The van der Waals surface area contributed by atoms with Crippen LogP contribution in [0.2, 0.25) is 0 Å². The first-order valence-electron chi connectivity index (χ1n) is 49.8. The Balaban J connectivity index is 0.000000114. The number of aliphatic hydroxyl groups is 2. The summed E-state index contributed by atoms with van der Waals surface area (Å²) < 4.78 is 0. The van der Waals surface area contributed by atoms with Crippen molar-refractivity contribution in [3.05, 3.63) is 207 Å². The summed E-state index contributed by atoms with van der Waals surface area (Å²) in [6.45, 7) is 20.8. The predicted molar refractivity (Wildman–Crippen MR) is 567 cm³/mol. The van der Waals surface area contributed by atoms with Crippen LogP contribution in [0.15, 0.2) is 196 Å². The normalized spacial score (nSPS) is 16.1. The standard InChI is InChI=1S/C29H31N7O2.C28H29N7O2.C26H27N9O.C25H25N9O/c1-16(2)9-26(38)32-20-10-19(12-30-13-20)18-5-8-24-22(11-18)28(36-35-24)29-33-25-15-31-14-23(27(25)34-29)17-3-6-21(37)7-4-17;1-15(2)28(37)31-19-9-18(11-29-12-19)17-5-8-23-21(10-17)26(35-34-23)27-32-24-14-30-13-22(25(24)33-27)16-3-6-20(36)7-4-16;1-15(2)26(36)30-18-9-17(11-28-12-18)16-3-4-20-19(10-16)23(34-33-20)25-31-21-13-29-14-22(24(21)32-25)35-7-5-27-6-8-35;1-2-22(35)29-17-9-16(11-27-12-17)15-3-4-19-18(10-15)23(33-32-19)25-30-20-13-28-14-21(24(20)31-25)34-7-5-26-6-8-34/h5,8,10-17,21,37H,3-4,6-7,9H2,1-2H3,(H,32,38)(H,33,34)(H,35,36);5,8-16,20,36H,3-4,6-7H2,1-2H3,(H,31,37)(H,32,33)(H,34,35);3-4,9-15,27H,5-8H2,1-2H3,(H,30,36)(H,31,32)(H,33,34);3-4,9-14,26H,2,5-8H2,1H3,(H,29,35)(H,30,31)(H,32,33). The summed E-state index contributed by atoms with van der Waals surface area (Å²) in [5.41, 5.74) is 28.2. The van der Waals surface area contributed by atoms with Crippen molar-refractivity contribution in [2.24, 2.45) is 17.8 Å². The van der Waals surface area contributed by atoms with Crippen molar-refractivity contribution in [2.75, 3.05) is 83.4 Å². The zero-order chi connectivity index (χ0) is 100. The van der Waals surface area contributed by atoms with Gasteiger partial charge in [-0.3, -0.25) is 79.4 Å². The zero-order valence-electron chi connectivity index (χ0n) is 81.8. The third-order valence-corrected chi connectivity index (χ3v) is 27.3. The lowest BCUT2D eigenvalue weighted by Crippen LogP contribution is -2.43. The van der Waals surface area contributed by atoms with Crippen LogP contribution in [0.4, 0.5) is 34.1 Å². The number of H-pyrrole nitrogens is 8. The van der Waals surface area contributed by atoms with Gasteiger partial charge in [-0.05, 0) is 164 Å². The van der Waals surface area contributed by atoms with E-state index in [0.717, 1.165) is 281 Å². The van der Waals surface area contributed by atoms with Gasteiger partial charge in [0.2, 0.25) is 23.6 Å². The van der Waals surface area contributed by atoms with Crippen LogP contribution in [-0.4, -0.2) is 219 Å². The first kappa shape index (κ1) is 95.4. The molecule has 20 aromatic rings. The summed E-state index contributed by atoms with van der Waals surface area (Å²) in [4.78, 5) is 122. The molecule has 2 aliphatic heterocycles. The fourth-order valence-corrected chi connectivity index (χ4v) is 19.4. The van der Waals surface area contributed by atoms with Gasteiger partial charge in [-0.2, -0.15) is 20.4 Å². The molecule has 16 aromatic heterocycles. The number of imidazole rings is 4. The molecule has 2 saturated heterocycles. The molecule has 0 atom stereocenters. The number of aromatic nitrogens is 24. The number of anilines is 6. The molecular weight excluding hydrogens is 1840 g/mol. The van der Waals surface area contributed by atoms with E-state index in [9.17, 15) is 29.4 Å². The van der Waals surface area contributed by atoms with Crippen LogP contribution in [0.25, 0.3) is 178 Å². The molecule has 4 amide bonds. The Bertz CT molecular complexity index is 8200. The molecule has 2 saturated carbocycles. The number of nitrogens with zero attached hydrogens (tertiary/aromatic N) is 18. The Kier molecular flexibility index (Phi) is 27.4. The van der Waals surface area contributed by atoms with Crippen LogP contribution in [0, 0.1) is 17.8 Å². The molecule has 4 fully saturated rings. The molecule has 18 heterocycles. The number of aliphatic hydroxyl groups excluding tert-OH is 2. The van der Waals surface area contributed by atoms with Crippen molar-refractivity contribution in [2.45, 2.75) is 137 Å². The highest BCUT2D eigenvalue weighted by atomic mass is 16.3. The number of hydrogen-bond acceptors (Lipinski definition) is 26. The number of pyridine rings is 8. The van der Waals surface area contributed by atoms with Crippen LogP contribution in [0.1, 0.15) is 136 Å². The van der Waals surface area contributed by atoms with Crippen LogP contribution in [0.3, 0.4) is 0 Å². The van der Waals surface area contributed by atoms with E-state index < -0.39 is 0 Å². The molecule has 38 nitrogen and oxygen atoms in total. The maximum atomic E-state index is 12.2. The molecule has 38 heteroatoms. The average molecular weight is 1950 g/mol. The van der Waals surface area contributed by atoms with Gasteiger partial charge in [0.15, 0.2) is 23.3 Å². The second-order valence-electron chi connectivity index (χ2n) is 38.7. The Morgan fingerprint density at radius 1 is 0.336 bits per heavy atom. The van der Waals surface area contributed by atoms with E-state index >= 15 is 0 Å². The predicted octanol–water partition coefficient (Wildman–Crippen LogP) is 17.6. The molecule has 0 spiro atoms. The molecule has 4 aromatic carbocycles. The quantitative estimate of drug-likeness (QED) is 0.0318. The van der Waals surface area contributed by atoms with Crippen molar-refractivity contribution in [3.8, 4) is 90.6 Å². The summed E-state index contributed by atoms with van der Waals surface area (Å²) in [6.07, 6.45) is 36.0. The minimum atomic E-state index is -0.204. The monoisotopic (exact) mass is 1950 g/mol. The Morgan fingerprint density at radius 2 is 0.630 bits per heavy atom. The van der Waals surface area contributed by atoms with Gasteiger partial charge in [0, 0.05) is 169 Å². The van der Waals surface area contributed by atoms with Crippen molar-refractivity contribution in [3.63, 3.8) is 0 Å². The van der Waals surface area contributed by atoms with E-state index in [-0.39, 0.29) is 53.6 Å². The van der Waals surface area contributed by atoms with Gasteiger partial charge in [0.05, 0.1) is 163 Å². The van der Waals surface area contributed by atoms with Crippen molar-refractivity contribution in [1.82, 2.24) is 131 Å². The molecular formula is C108H112N32O6. The first-order valence-corrected chi connectivity index (χ1v) is 49.8. The Hall–Kier alpha value is -16.8. The second-order valence-corrected chi connectivity index (χ2v) is 38.7. The fraction of sp³-hybridized carbons (Fsp3) is 0.296. The summed E-state index contributed by atoms with van der Waals surface area (Å²) in [6, 6.07) is 32.0. The number of rotatable bonds is 21. The minimum Gasteiger partial charge on any atom is -0.393 e. The molecule has 4 aliphatic rings. The summed E-state index contributed by atoms with van der Waals surface area (Å²) >= 11 is 0. The van der Waals surface area contributed by atoms with E-state index in [1.54, 1.807) is 74.4 Å². The Labute approximate surface area is 837 Å². The molecule has 16 N–H and O–H groups in total. The summed E-state index contributed by atoms with van der Waals surface area (Å²) in [7, 11) is 0. The lowest BCUT2D eigenvalue weighted by atomic mass is 9.83. The average Bonchev–Trinajstić information content (AvgIpc) is 1.63. The van der Waals surface area contributed by atoms with Gasteiger partial charge >= 0.3 is 0 Å². The highest BCUT2D eigenvalue weighted by molar-refractivity contribution is 6.03. The van der Waals surface area contributed by atoms with Gasteiger partial charge in [-0.15, -0.1) is 0 Å². The smallest absolute Gasteiger partial charge is 0.226 e. The summed E-state index contributed by atoms with van der Waals surface area (Å²) in [5, 5.41) is 72.8. The summed E-state index contributed by atoms with van der Waals surface area (Å²) in [5.74, 6) is 3.34. The Morgan fingerprint density at radius 3 is 0.945 bits per heavy atom. The SMILES string of the molecule is CC(C)C(=O)Nc1cncc(-c2ccc3[nH]nc(-c4nc5c(C6CCC(O)CC6)cncc5[nH]4)c3c2)c1.CC(C)C(=O)Nc1cncc(-c2ccc3[nH]nc(-c4nc5c(N6CCNCC6)cncc5[nH]4)c3c2)c1.CC(C)CC(=O)Nc1cncc(-c2ccc3[nH]nc(-c4nc5c(C6CCC(O)CC6)cncc5[nH]4)c3c2)c1.CCC(=O)Nc1cncc(-c2ccc3[nH]nc(-c4nc5c(N6CCNCC6)cncc5[nH]4)c3c2)c1. The largest absolute Gasteiger partial charge is 0.393 e. The molecule has 2 aliphatic carbocycles. The first-order chi connectivity index (χ1) is 71.2. The van der Waals surface area contributed by atoms with Crippen molar-refractivity contribution < 1.29 is 29.4 Å². The lowest BCUT2D eigenvalue weighted by molar-refractivity contribution is -0.119. The molecule has 0 radical (unpaired) electrons. The maximum absolute atomic E-state index is 12.2. The van der Waals surface area contributed by atoms with E-state index in [0.29, 0.717) is 70.7 Å². The number of amides is 4. The van der Waals surface area contributed by atoms with Gasteiger partial charge in [-0.1, -0.05) is 72.7 Å². The molecule has 0 unspecified atom stereocenters. The third-order valence-electron chi connectivity index (χ3n) is 27.3. The third kappa shape index (κ3) is 20.6. The van der Waals surface area contributed by atoms with Gasteiger partial charge < -0.3 is 71.8 Å². The van der Waals surface area contributed by atoms with Gasteiger partial charge in [0.25, 0.3) is 0 Å². The maximum Gasteiger partial charge on any atom is 0.226 e. The van der Waals surface area contributed by atoms with Gasteiger partial charge in [-0.25, -0.2) is 19.9 Å². The van der Waals surface area contributed by atoms with E-state index in [4.69, 9.17) is 19.9 Å². The van der Waals surface area contributed by atoms with Crippen LogP contribution in [-0.2, 0) is 19.2 Å².